The van der Waals surface area contributed by atoms with Gasteiger partial charge in [-0.3, -0.25) is 4.68 Å². The normalized spacial score (nSPS) is 12.6. The number of hydrogen-bond acceptors (Lipinski definition) is 2. The number of aryl methyl sites for hydroxylation is 3. The summed E-state index contributed by atoms with van der Waals surface area (Å²) >= 11 is 0. The molecule has 0 radical (unpaired) electrons. The van der Waals surface area contributed by atoms with Crippen LogP contribution in [0, 0.1) is 13.8 Å². The van der Waals surface area contributed by atoms with Crippen LogP contribution < -0.4 is 5.32 Å². The SMILES string of the molecule is CCCNC(Cc1cc(C)cc(C)c1)c1cnn(C)c1. The zero-order chi connectivity index (χ0) is 14.5. The van der Waals surface area contributed by atoms with Gasteiger partial charge in [0.15, 0.2) is 0 Å². The van der Waals surface area contributed by atoms with Crippen LogP contribution in [-0.2, 0) is 13.5 Å². The average Bonchev–Trinajstić information content (AvgIpc) is 2.80. The van der Waals surface area contributed by atoms with E-state index in [4.69, 9.17) is 0 Å². The van der Waals surface area contributed by atoms with E-state index in [0.29, 0.717) is 6.04 Å². The minimum absolute atomic E-state index is 0.338. The smallest absolute Gasteiger partial charge is 0.0537 e. The summed E-state index contributed by atoms with van der Waals surface area (Å²) < 4.78 is 1.87. The Kier molecular flexibility index (Phi) is 4.96. The monoisotopic (exact) mass is 271 g/mol. The number of aromatic nitrogens is 2. The summed E-state index contributed by atoms with van der Waals surface area (Å²) in [6.07, 6.45) is 6.23. The maximum Gasteiger partial charge on any atom is 0.0537 e. The zero-order valence-corrected chi connectivity index (χ0v) is 13.0. The van der Waals surface area contributed by atoms with Gasteiger partial charge in [-0.25, -0.2) is 0 Å². The molecule has 0 aliphatic rings. The first kappa shape index (κ1) is 14.8. The maximum atomic E-state index is 4.30. The Balaban J connectivity index is 2.18. The van der Waals surface area contributed by atoms with Crippen LogP contribution in [0.4, 0.5) is 0 Å². The fourth-order valence-corrected chi connectivity index (χ4v) is 2.67. The van der Waals surface area contributed by atoms with E-state index in [1.54, 1.807) is 0 Å². The third kappa shape index (κ3) is 3.94. The molecular weight excluding hydrogens is 246 g/mol. The van der Waals surface area contributed by atoms with E-state index in [9.17, 15) is 0 Å². The van der Waals surface area contributed by atoms with Gasteiger partial charge in [-0.1, -0.05) is 36.2 Å². The predicted octanol–water partition coefficient (Wildman–Crippen LogP) is 3.32. The maximum absolute atomic E-state index is 4.30. The van der Waals surface area contributed by atoms with Crippen LogP contribution in [0.2, 0.25) is 0 Å². The summed E-state index contributed by atoms with van der Waals surface area (Å²) in [5, 5.41) is 7.93. The molecular formula is C17H25N3. The highest BCUT2D eigenvalue weighted by molar-refractivity contribution is 5.30. The van der Waals surface area contributed by atoms with Crippen molar-refractivity contribution in [2.75, 3.05) is 6.54 Å². The van der Waals surface area contributed by atoms with E-state index in [1.165, 1.54) is 22.3 Å². The predicted molar refractivity (Wildman–Crippen MR) is 83.9 cm³/mol. The lowest BCUT2D eigenvalue weighted by molar-refractivity contribution is 0.528. The zero-order valence-electron chi connectivity index (χ0n) is 13.0. The topological polar surface area (TPSA) is 29.9 Å². The van der Waals surface area contributed by atoms with E-state index in [-0.39, 0.29) is 0 Å². The van der Waals surface area contributed by atoms with E-state index in [0.717, 1.165) is 19.4 Å². The summed E-state index contributed by atoms with van der Waals surface area (Å²) in [6, 6.07) is 7.13. The molecule has 0 spiro atoms. The number of nitrogens with zero attached hydrogens (tertiary/aromatic N) is 2. The molecule has 2 aromatic rings. The molecule has 20 heavy (non-hydrogen) atoms. The molecule has 1 N–H and O–H groups in total. The van der Waals surface area contributed by atoms with Crippen molar-refractivity contribution in [3.63, 3.8) is 0 Å². The highest BCUT2D eigenvalue weighted by Crippen LogP contribution is 2.20. The third-order valence-electron chi connectivity index (χ3n) is 3.49. The molecule has 1 unspecified atom stereocenters. The fourth-order valence-electron chi connectivity index (χ4n) is 2.67. The van der Waals surface area contributed by atoms with E-state index < -0.39 is 0 Å². The molecule has 1 aromatic heterocycles. The summed E-state index contributed by atoms with van der Waals surface area (Å²) in [4.78, 5) is 0. The van der Waals surface area contributed by atoms with E-state index in [1.807, 2.05) is 17.9 Å². The lowest BCUT2D eigenvalue weighted by Gasteiger charge is -2.18. The fraction of sp³-hybridized carbons (Fsp3) is 0.471. The van der Waals surface area contributed by atoms with Crippen molar-refractivity contribution >= 4 is 0 Å². The summed E-state index contributed by atoms with van der Waals surface area (Å²) in [5.41, 5.74) is 5.32. The second kappa shape index (κ2) is 6.71. The molecule has 2 rings (SSSR count). The molecule has 1 aromatic carbocycles. The van der Waals surface area contributed by atoms with Crippen molar-refractivity contribution in [1.29, 1.82) is 0 Å². The van der Waals surface area contributed by atoms with Crippen LogP contribution in [0.15, 0.2) is 30.6 Å². The van der Waals surface area contributed by atoms with Crippen molar-refractivity contribution in [1.82, 2.24) is 15.1 Å². The van der Waals surface area contributed by atoms with Crippen molar-refractivity contribution in [3.05, 3.63) is 52.8 Å². The number of nitrogens with one attached hydrogen (secondary N) is 1. The first-order valence-corrected chi connectivity index (χ1v) is 7.37. The number of hydrogen-bond donors (Lipinski definition) is 1. The molecule has 1 atom stereocenters. The molecule has 0 bridgehead atoms. The van der Waals surface area contributed by atoms with Crippen LogP contribution >= 0.6 is 0 Å². The number of rotatable bonds is 6. The summed E-state index contributed by atoms with van der Waals surface area (Å²) in [5.74, 6) is 0. The Morgan fingerprint density at radius 2 is 1.90 bits per heavy atom. The molecule has 0 aliphatic heterocycles. The Morgan fingerprint density at radius 1 is 1.20 bits per heavy atom. The molecule has 0 fully saturated rings. The van der Waals surface area contributed by atoms with Gasteiger partial charge in [-0.05, 0) is 38.8 Å². The Morgan fingerprint density at radius 3 is 2.45 bits per heavy atom. The molecule has 108 valence electrons. The molecule has 0 amide bonds. The Hall–Kier alpha value is -1.61. The highest BCUT2D eigenvalue weighted by Gasteiger charge is 2.13. The molecule has 3 heteroatoms. The number of benzene rings is 1. The van der Waals surface area contributed by atoms with Gasteiger partial charge in [0.05, 0.1) is 6.20 Å². The molecule has 0 aliphatic carbocycles. The molecule has 1 heterocycles. The second-order valence-corrected chi connectivity index (χ2v) is 5.65. The van der Waals surface area contributed by atoms with Crippen LogP contribution in [-0.4, -0.2) is 16.3 Å². The van der Waals surface area contributed by atoms with Crippen LogP contribution in [0.25, 0.3) is 0 Å². The van der Waals surface area contributed by atoms with Gasteiger partial charge >= 0.3 is 0 Å². The van der Waals surface area contributed by atoms with Crippen molar-refractivity contribution in [2.24, 2.45) is 7.05 Å². The van der Waals surface area contributed by atoms with Gasteiger partial charge in [0, 0.05) is 24.8 Å². The molecule has 3 nitrogen and oxygen atoms in total. The van der Waals surface area contributed by atoms with Crippen LogP contribution in [0.1, 0.15) is 41.6 Å². The molecule has 0 saturated carbocycles. The lowest BCUT2D eigenvalue weighted by atomic mass is 9.98. The molecule has 0 saturated heterocycles. The lowest BCUT2D eigenvalue weighted by Crippen LogP contribution is -2.23. The van der Waals surface area contributed by atoms with Crippen LogP contribution in [0.5, 0.6) is 0 Å². The van der Waals surface area contributed by atoms with Crippen LogP contribution in [0.3, 0.4) is 0 Å². The summed E-state index contributed by atoms with van der Waals surface area (Å²) in [7, 11) is 1.97. The van der Waals surface area contributed by atoms with Gasteiger partial charge in [-0.15, -0.1) is 0 Å². The third-order valence-corrected chi connectivity index (χ3v) is 3.49. The van der Waals surface area contributed by atoms with Crippen molar-refractivity contribution in [3.8, 4) is 0 Å². The first-order chi connectivity index (χ1) is 9.58. The Labute approximate surface area is 122 Å². The van der Waals surface area contributed by atoms with Gasteiger partial charge in [0.25, 0.3) is 0 Å². The second-order valence-electron chi connectivity index (χ2n) is 5.65. The standard InChI is InChI=1S/C17H25N3/c1-5-6-18-17(16-11-19-20(4)12-16)10-15-8-13(2)7-14(3)9-15/h7-9,11-12,17-18H,5-6,10H2,1-4H3. The summed E-state index contributed by atoms with van der Waals surface area (Å²) in [6.45, 7) is 7.55. The quantitative estimate of drug-likeness (QED) is 0.873. The minimum Gasteiger partial charge on any atom is -0.310 e. The minimum atomic E-state index is 0.338. The van der Waals surface area contributed by atoms with E-state index >= 15 is 0 Å². The van der Waals surface area contributed by atoms with Gasteiger partial charge in [0.2, 0.25) is 0 Å². The average molecular weight is 271 g/mol. The first-order valence-electron chi connectivity index (χ1n) is 7.37. The van der Waals surface area contributed by atoms with E-state index in [2.05, 4.69) is 55.6 Å². The largest absolute Gasteiger partial charge is 0.310 e. The van der Waals surface area contributed by atoms with Gasteiger partial charge < -0.3 is 5.32 Å². The van der Waals surface area contributed by atoms with Gasteiger partial charge in [-0.2, -0.15) is 5.10 Å². The Bertz CT molecular complexity index is 537. The van der Waals surface area contributed by atoms with Crippen molar-refractivity contribution < 1.29 is 0 Å². The highest BCUT2D eigenvalue weighted by atomic mass is 15.2. The van der Waals surface area contributed by atoms with Crippen molar-refractivity contribution in [2.45, 2.75) is 39.7 Å². The van der Waals surface area contributed by atoms with Gasteiger partial charge in [0.1, 0.15) is 0 Å².